The predicted molar refractivity (Wildman–Crippen MR) is 34.0 cm³/mol. The summed E-state index contributed by atoms with van der Waals surface area (Å²) in [4.78, 5) is 0. The topological polar surface area (TPSA) is 18.5 Å². The van der Waals surface area contributed by atoms with Gasteiger partial charge in [-0.1, -0.05) is 13.7 Å². The minimum Gasteiger partial charge on any atom is -0.527 e. The molecule has 0 atom stereocenters. The minimum atomic E-state index is 0. The summed E-state index contributed by atoms with van der Waals surface area (Å²) in [6, 6.07) is 0. The van der Waals surface area contributed by atoms with E-state index in [0.717, 1.165) is 6.42 Å². The molecule has 2 nitrogen and oxygen atoms in total. The van der Waals surface area contributed by atoms with Crippen LogP contribution in [-0.4, -0.2) is 14.2 Å². The third kappa shape index (κ3) is 54.8. The van der Waals surface area contributed by atoms with Gasteiger partial charge in [-0.15, -0.1) is 0 Å². The summed E-state index contributed by atoms with van der Waals surface area (Å²) in [6.45, 7) is 6.75. The Hall–Kier alpha value is 0.634. The van der Waals surface area contributed by atoms with Crippen molar-refractivity contribution in [1.82, 2.24) is 0 Å². The van der Waals surface area contributed by atoms with Crippen LogP contribution in [0, 0.1) is 13.7 Å². The van der Waals surface area contributed by atoms with Gasteiger partial charge in [-0.2, -0.15) is 6.42 Å². The van der Waals surface area contributed by atoms with E-state index in [1.165, 1.54) is 21.0 Å². The number of rotatable bonds is 2. The monoisotopic (exact) mass is 166 g/mol. The molecule has 0 aromatic carbocycles. The number of hydrogen-bond acceptors (Lipinski definition) is 2. The van der Waals surface area contributed by atoms with Gasteiger partial charge in [0, 0.05) is 14.2 Å². The van der Waals surface area contributed by atoms with Crippen molar-refractivity contribution in [3.8, 4) is 0 Å². The maximum Gasteiger partial charge on any atom is 2.00 e. The first-order valence-corrected chi connectivity index (χ1v) is 2.50. The molecule has 0 saturated heterocycles. The van der Waals surface area contributed by atoms with Crippen LogP contribution in [0.3, 0.4) is 0 Å². The molecule has 0 aliphatic rings. The van der Waals surface area contributed by atoms with E-state index in [4.69, 9.17) is 0 Å². The second kappa shape index (κ2) is 23.4. The van der Waals surface area contributed by atoms with Crippen molar-refractivity contribution in [2.24, 2.45) is 0 Å². The zero-order valence-electron chi connectivity index (χ0n) is 6.31. The van der Waals surface area contributed by atoms with Crippen molar-refractivity contribution >= 4 is 0 Å². The quantitative estimate of drug-likeness (QED) is 0.458. The molecule has 0 bridgehead atoms. The third-order valence-electron chi connectivity index (χ3n) is 0.192. The van der Waals surface area contributed by atoms with Gasteiger partial charge in [0.05, 0.1) is 0 Å². The van der Waals surface area contributed by atoms with Crippen LogP contribution in [-0.2, 0) is 31.2 Å². The number of ether oxygens (including phenoxy) is 2. The van der Waals surface area contributed by atoms with Gasteiger partial charge in [0.1, 0.15) is 0 Å². The van der Waals surface area contributed by atoms with Crippen LogP contribution in [0.25, 0.3) is 0 Å². The molecule has 0 rings (SSSR count). The van der Waals surface area contributed by atoms with Crippen molar-refractivity contribution in [2.75, 3.05) is 14.2 Å². The largest absolute Gasteiger partial charge is 2.00 e. The molecule has 54 valence electrons. The fourth-order valence-electron chi connectivity index (χ4n) is 0.0962. The average molecular weight is 166 g/mol. The van der Waals surface area contributed by atoms with E-state index in [0.29, 0.717) is 0 Å². The van der Waals surface area contributed by atoms with E-state index in [9.17, 15) is 0 Å². The predicted octanol–water partition coefficient (Wildman–Crippen LogP) is 1.63. The van der Waals surface area contributed by atoms with Crippen LogP contribution in [0.4, 0.5) is 0 Å². The smallest absolute Gasteiger partial charge is 0.527 e. The Labute approximate surface area is 72.8 Å². The van der Waals surface area contributed by atoms with Crippen LogP contribution >= 0.6 is 0 Å². The van der Waals surface area contributed by atoms with E-state index in [-0.39, 0.29) is 21.7 Å². The SMILES string of the molecule is CO[CH-]OC.[CH2-]CC.[Ti+2]. The van der Waals surface area contributed by atoms with Crippen molar-refractivity contribution in [3.05, 3.63) is 13.7 Å². The molecule has 0 amide bonds. The molecular formula is C6H14O2Ti. The Morgan fingerprint density at radius 3 is 1.56 bits per heavy atom. The summed E-state index contributed by atoms with van der Waals surface area (Å²) in [6.07, 6.45) is 1.00. The molecule has 0 saturated carbocycles. The van der Waals surface area contributed by atoms with Crippen molar-refractivity contribution < 1.29 is 31.2 Å². The first kappa shape index (κ1) is 16.3. The summed E-state index contributed by atoms with van der Waals surface area (Å²) in [5.74, 6) is 0. The van der Waals surface area contributed by atoms with Crippen molar-refractivity contribution in [2.45, 2.75) is 13.3 Å². The van der Waals surface area contributed by atoms with Gasteiger partial charge in [0.25, 0.3) is 0 Å². The second-order valence-corrected chi connectivity index (χ2v) is 1.07. The fraction of sp³-hybridized carbons (Fsp3) is 0.667. The molecule has 3 heteroatoms. The average Bonchev–Trinajstić information content (AvgIpc) is 1.71. The van der Waals surface area contributed by atoms with Crippen LogP contribution in [0.2, 0.25) is 0 Å². The normalized spacial score (nSPS) is 6.67. The number of methoxy groups -OCH3 is 2. The Balaban J connectivity index is -0.0000000800. The Kier molecular flexibility index (Phi) is 42.5. The van der Waals surface area contributed by atoms with Gasteiger partial charge in [0.15, 0.2) is 0 Å². The standard InChI is InChI=1S/C3H7O2.C3H7.Ti/c1-4-3-5-2;1-3-2;/h3H,1-2H3;1,3H2,2H3;/q2*-1;+2. The second-order valence-electron chi connectivity index (χ2n) is 1.07. The Morgan fingerprint density at radius 1 is 1.33 bits per heavy atom. The molecule has 0 heterocycles. The molecule has 0 aromatic rings. The van der Waals surface area contributed by atoms with E-state index in [1.54, 1.807) is 0 Å². The fourth-order valence-corrected chi connectivity index (χ4v) is 0.0962. The van der Waals surface area contributed by atoms with Gasteiger partial charge in [0.2, 0.25) is 0 Å². The first-order valence-electron chi connectivity index (χ1n) is 2.50. The summed E-state index contributed by atoms with van der Waals surface area (Å²) >= 11 is 0. The van der Waals surface area contributed by atoms with Crippen LogP contribution in [0.1, 0.15) is 13.3 Å². The van der Waals surface area contributed by atoms with Crippen LogP contribution in [0.5, 0.6) is 0 Å². The molecular weight excluding hydrogens is 152 g/mol. The van der Waals surface area contributed by atoms with Gasteiger partial charge in [-0.25, -0.2) is 0 Å². The van der Waals surface area contributed by atoms with Gasteiger partial charge < -0.3 is 16.4 Å². The summed E-state index contributed by atoms with van der Waals surface area (Å²) in [5.41, 5.74) is 0. The molecule has 0 unspecified atom stereocenters. The Morgan fingerprint density at radius 2 is 1.56 bits per heavy atom. The summed E-state index contributed by atoms with van der Waals surface area (Å²) < 4.78 is 8.69. The summed E-state index contributed by atoms with van der Waals surface area (Å²) in [5, 5.41) is 0. The van der Waals surface area contributed by atoms with Gasteiger partial charge in [-0.3, -0.25) is 0 Å². The van der Waals surface area contributed by atoms with Gasteiger partial charge >= 0.3 is 21.7 Å². The summed E-state index contributed by atoms with van der Waals surface area (Å²) in [7, 11) is 3.06. The molecule has 0 aliphatic heterocycles. The zero-order chi connectivity index (χ0) is 6.83. The van der Waals surface area contributed by atoms with E-state index < -0.39 is 0 Å². The molecule has 0 aromatic heterocycles. The maximum absolute atomic E-state index is 4.34. The van der Waals surface area contributed by atoms with Crippen molar-refractivity contribution in [3.63, 3.8) is 0 Å². The molecule has 9 heavy (non-hydrogen) atoms. The number of hydrogen-bond donors (Lipinski definition) is 0. The first-order chi connectivity index (χ1) is 3.83. The Bertz CT molecular complexity index is 25.0. The van der Waals surface area contributed by atoms with E-state index >= 15 is 0 Å². The molecule has 0 fully saturated rings. The maximum atomic E-state index is 4.34. The third-order valence-corrected chi connectivity index (χ3v) is 0.192. The zero-order valence-corrected chi connectivity index (χ0v) is 7.87. The molecule has 0 N–H and O–H groups in total. The molecule has 0 aliphatic carbocycles. The van der Waals surface area contributed by atoms with E-state index in [2.05, 4.69) is 16.4 Å². The van der Waals surface area contributed by atoms with E-state index in [1.807, 2.05) is 6.92 Å². The van der Waals surface area contributed by atoms with Gasteiger partial charge in [-0.05, 0) is 0 Å². The molecule has 0 spiro atoms. The van der Waals surface area contributed by atoms with Crippen LogP contribution in [0.15, 0.2) is 0 Å². The molecule has 0 radical (unpaired) electrons. The van der Waals surface area contributed by atoms with Crippen molar-refractivity contribution in [1.29, 1.82) is 0 Å². The van der Waals surface area contributed by atoms with Crippen LogP contribution < -0.4 is 0 Å². The minimum absolute atomic E-state index is 0.